The zero-order chi connectivity index (χ0) is 13.0. The first-order chi connectivity index (χ1) is 8.67. The Morgan fingerprint density at radius 2 is 2.33 bits per heavy atom. The molecule has 5 heteroatoms. The maximum Gasteiger partial charge on any atom is 0.306 e. The average molecular weight is 257 g/mol. The number of hydrogen-bond acceptors (Lipinski definition) is 4. The molecule has 2 aliphatic heterocycles. The van der Waals surface area contributed by atoms with Crippen LogP contribution in [0.4, 0.5) is 0 Å². The fraction of sp³-hybridized carbons (Fsp3) is 0.923. The van der Waals surface area contributed by atoms with Crippen LogP contribution in [0.3, 0.4) is 0 Å². The lowest BCUT2D eigenvalue weighted by atomic mass is 9.76. The second-order valence-electron chi connectivity index (χ2n) is 5.46. The monoisotopic (exact) mass is 257 g/mol. The minimum Gasteiger partial charge on any atom is -0.481 e. The summed E-state index contributed by atoms with van der Waals surface area (Å²) in [5.41, 5.74) is 5.28. The van der Waals surface area contributed by atoms with Crippen LogP contribution in [-0.4, -0.2) is 43.0 Å². The van der Waals surface area contributed by atoms with E-state index in [0.717, 1.165) is 32.3 Å². The van der Waals surface area contributed by atoms with Gasteiger partial charge in [-0.15, -0.1) is 0 Å². The van der Waals surface area contributed by atoms with Gasteiger partial charge in [-0.1, -0.05) is 0 Å². The summed E-state index contributed by atoms with van der Waals surface area (Å²) in [4.78, 5) is 11.4. The molecule has 3 N–H and O–H groups in total. The van der Waals surface area contributed by atoms with Gasteiger partial charge >= 0.3 is 5.97 Å². The molecule has 0 amide bonds. The summed E-state index contributed by atoms with van der Waals surface area (Å²) in [6.07, 6.45) is 4.00. The number of carboxylic acids is 1. The van der Waals surface area contributed by atoms with Crippen LogP contribution in [-0.2, 0) is 14.3 Å². The van der Waals surface area contributed by atoms with Gasteiger partial charge in [0, 0.05) is 19.6 Å². The topological polar surface area (TPSA) is 81.8 Å². The van der Waals surface area contributed by atoms with Gasteiger partial charge < -0.3 is 20.3 Å². The summed E-state index contributed by atoms with van der Waals surface area (Å²) in [7, 11) is 0. The van der Waals surface area contributed by atoms with Crippen molar-refractivity contribution in [3.05, 3.63) is 0 Å². The molecule has 2 fully saturated rings. The van der Waals surface area contributed by atoms with Crippen molar-refractivity contribution in [3.8, 4) is 0 Å². The Kier molecular flexibility index (Phi) is 4.59. The van der Waals surface area contributed by atoms with E-state index in [4.69, 9.17) is 15.2 Å². The van der Waals surface area contributed by atoms with Gasteiger partial charge in [0.1, 0.15) is 0 Å². The molecule has 3 atom stereocenters. The van der Waals surface area contributed by atoms with Crippen LogP contribution in [0, 0.1) is 11.8 Å². The molecular formula is C13H23NO4. The number of rotatable bonds is 5. The molecule has 104 valence electrons. The van der Waals surface area contributed by atoms with Crippen LogP contribution in [0.1, 0.15) is 32.1 Å². The van der Waals surface area contributed by atoms with E-state index in [1.54, 1.807) is 0 Å². The number of carboxylic acid groups (broad SMARTS) is 1. The highest BCUT2D eigenvalue weighted by Crippen LogP contribution is 2.39. The number of carbonyl (C=O) groups is 1. The number of hydrogen-bond donors (Lipinski definition) is 2. The smallest absolute Gasteiger partial charge is 0.306 e. The molecular weight excluding hydrogens is 234 g/mol. The van der Waals surface area contributed by atoms with Crippen molar-refractivity contribution in [1.82, 2.24) is 0 Å². The Labute approximate surface area is 108 Å². The molecule has 1 spiro atoms. The molecule has 0 radical (unpaired) electrons. The van der Waals surface area contributed by atoms with E-state index >= 15 is 0 Å². The van der Waals surface area contributed by atoms with E-state index < -0.39 is 5.97 Å². The molecule has 3 unspecified atom stereocenters. The molecule has 18 heavy (non-hydrogen) atoms. The molecule has 0 aromatic heterocycles. The zero-order valence-electron chi connectivity index (χ0n) is 10.8. The average Bonchev–Trinajstić information content (AvgIpc) is 2.77. The summed E-state index contributed by atoms with van der Waals surface area (Å²) in [5.74, 6) is -0.774. The van der Waals surface area contributed by atoms with Crippen LogP contribution in [0.15, 0.2) is 0 Å². The molecule has 2 saturated heterocycles. The molecule has 2 heterocycles. The number of aliphatic carboxylic acids is 1. The van der Waals surface area contributed by atoms with Crippen LogP contribution >= 0.6 is 0 Å². The minimum absolute atomic E-state index is 0.199. The first kappa shape index (κ1) is 13.8. The Morgan fingerprint density at radius 1 is 1.50 bits per heavy atom. The zero-order valence-corrected chi connectivity index (χ0v) is 10.8. The van der Waals surface area contributed by atoms with Crippen LogP contribution in [0.2, 0.25) is 0 Å². The largest absolute Gasteiger partial charge is 0.481 e. The maximum atomic E-state index is 11.4. The fourth-order valence-corrected chi connectivity index (χ4v) is 3.17. The van der Waals surface area contributed by atoms with Gasteiger partial charge in [0.25, 0.3) is 0 Å². The van der Waals surface area contributed by atoms with Crippen LogP contribution in [0.25, 0.3) is 0 Å². The summed E-state index contributed by atoms with van der Waals surface area (Å²) < 4.78 is 11.3. The van der Waals surface area contributed by atoms with Crippen molar-refractivity contribution < 1.29 is 19.4 Å². The maximum absolute atomic E-state index is 11.4. The predicted molar refractivity (Wildman–Crippen MR) is 66.3 cm³/mol. The molecule has 5 nitrogen and oxygen atoms in total. The standard InChI is InChI=1S/C13H23NO4/c14-5-1-2-11(12(15)16)10-3-6-18-13(8-10)4-7-17-9-13/h10-11H,1-9,14H2,(H,15,16). The van der Waals surface area contributed by atoms with Gasteiger partial charge in [-0.2, -0.15) is 0 Å². The Balaban J connectivity index is 1.98. The second kappa shape index (κ2) is 5.99. The molecule has 0 aliphatic carbocycles. The van der Waals surface area contributed by atoms with Gasteiger partial charge in [-0.3, -0.25) is 4.79 Å². The number of ether oxygens (including phenoxy) is 2. The third-order valence-electron chi connectivity index (χ3n) is 4.20. The third kappa shape index (κ3) is 3.02. The van der Waals surface area contributed by atoms with Crippen molar-refractivity contribution in [3.63, 3.8) is 0 Å². The van der Waals surface area contributed by atoms with E-state index in [1.807, 2.05) is 0 Å². The van der Waals surface area contributed by atoms with E-state index in [-0.39, 0.29) is 17.4 Å². The first-order valence-corrected chi connectivity index (χ1v) is 6.81. The summed E-state index contributed by atoms with van der Waals surface area (Å²) >= 11 is 0. The highest BCUT2D eigenvalue weighted by molar-refractivity contribution is 5.70. The normalized spacial score (nSPS) is 33.7. The van der Waals surface area contributed by atoms with Crippen LogP contribution in [0.5, 0.6) is 0 Å². The van der Waals surface area contributed by atoms with Crippen molar-refractivity contribution >= 4 is 5.97 Å². The van der Waals surface area contributed by atoms with Gasteiger partial charge in [0.15, 0.2) is 0 Å². The predicted octanol–water partition coefficient (Wildman–Crippen LogP) is 1.01. The fourth-order valence-electron chi connectivity index (χ4n) is 3.17. The molecule has 2 rings (SSSR count). The summed E-state index contributed by atoms with van der Waals surface area (Å²) in [6, 6.07) is 0. The van der Waals surface area contributed by atoms with Gasteiger partial charge in [-0.05, 0) is 38.1 Å². The Bertz CT molecular complexity index is 289. The summed E-state index contributed by atoms with van der Waals surface area (Å²) in [5, 5.41) is 9.37. The quantitative estimate of drug-likeness (QED) is 0.768. The highest BCUT2D eigenvalue weighted by Gasteiger charge is 2.44. The lowest BCUT2D eigenvalue weighted by Crippen LogP contribution is -2.43. The SMILES string of the molecule is NCCCC(C(=O)O)C1CCOC2(CCOC2)C1. The summed E-state index contributed by atoms with van der Waals surface area (Å²) in [6.45, 7) is 2.56. The lowest BCUT2D eigenvalue weighted by molar-refractivity contribution is -0.150. The number of nitrogens with two attached hydrogens (primary N) is 1. The molecule has 0 saturated carbocycles. The first-order valence-electron chi connectivity index (χ1n) is 6.81. The Hall–Kier alpha value is -0.650. The van der Waals surface area contributed by atoms with E-state index in [0.29, 0.717) is 26.2 Å². The molecule has 0 bridgehead atoms. The highest BCUT2D eigenvalue weighted by atomic mass is 16.6. The van der Waals surface area contributed by atoms with Gasteiger partial charge in [-0.25, -0.2) is 0 Å². The van der Waals surface area contributed by atoms with Gasteiger partial charge in [0.2, 0.25) is 0 Å². The van der Waals surface area contributed by atoms with Crippen LogP contribution < -0.4 is 5.73 Å². The van der Waals surface area contributed by atoms with E-state index in [1.165, 1.54) is 0 Å². The minimum atomic E-state index is -0.690. The third-order valence-corrected chi connectivity index (χ3v) is 4.20. The van der Waals surface area contributed by atoms with E-state index in [9.17, 15) is 9.90 Å². The van der Waals surface area contributed by atoms with Crippen molar-refractivity contribution in [2.45, 2.75) is 37.7 Å². The Morgan fingerprint density at radius 3 is 2.94 bits per heavy atom. The lowest BCUT2D eigenvalue weighted by Gasteiger charge is -2.39. The second-order valence-corrected chi connectivity index (χ2v) is 5.46. The molecule has 0 aromatic carbocycles. The van der Waals surface area contributed by atoms with E-state index in [2.05, 4.69) is 0 Å². The van der Waals surface area contributed by atoms with Crippen molar-refractivity contribution in [2.24, 2.45) is 17.6 Å². The van der Waals surface area contributed by atoms with Crippen molar-refractivity contribution in [1.29, 1.82) is 0 Å². The molecule has 0 aromatic rings. The van der Waals surface area contributed by atoms with Gasteiger partial charge in [0.05, 0.1) is 18.1 Å². The van der Waals surface area contributed by atoms with Crippen molar-refractivity contribution in [2.75, 3.05) is 26.4 Å². The molecule has 2 aliphatic rings.